The molecule has 5 heteroatoms. The van der Waals surface area contributed by atoms with Gasteiger partial charge in [-0.3, -0.25) is 0 Å². The van der Waals surface area contributed by atoms with Gasteiger partial charge in [-0.15, -0.1) is 0 Å². The second-order valence-electron chi connectivity index (χ2n) is 5.12. The highest BCUT2D eigenvalue weighted by atomic mass is 35.5. The molecule has 1 aromatic rings. The molecular formula is C15H22ClNO3. The van der Waals surface area contributed by atoms with Crippen LogP contribution in [0.2, 0.25) is 5.02 Å². The molecule has 0 aromatic heterocycles. The summed E-state index contributed by atoms with van der Waals surface area (Å²) >= 11 is 6.04. The van der Waals surface area contributed by atoms with E-state index in [2.05, 4.69) is 5.32 Å². The van der Waals surface area contributed by atoms with Crippen molar-refractivity contribution in [1.82, 2.24) is 0 Å². The van der Waals surface area contributed by atoms with Crippen LogP contribution in [-0.4, -0.2) is 43.7 Å². The van der Waals surface area contributed by atoms with Crippen LogP contribution < -0.4 is 5.32 Å². The number of rotatable bonds is 7. The van der Waals surface area contributed by atoms with Gasteiger partial charge in [0.2, 0.25) is 0 Å². The predicted molar refractivity (Wildman–Crippen MR) is 80.5 cm³/mol. The summed E-state index contributed by atoms with van der Waals surface area (Å²) in [6, 6.07) is 5.68. The number of nitrogens with one attached hydrogen (secondary N) is 1. The van der Waals surface area contributed by atoms with Crippen molar-refractivity contribution in [2.24, 2.45) is 0 Å². The number of anilines is 1. The van der Waals surface area contributed by atoms with Crippen molar-refractivity contribution >= 4 is 17.3 Å². The highest BCUT2D eigenvalue weighted by Gasteiger charge is 2.16. The van der Waals surface area contributed by atoms with E-state index in [1.54, 1.807) is 0 Å². The molecule has 20 heavy (non-hydrogen) atoms. The molecule has 0 aliphatic carbocycles. The van der Waals surface area contributed by atoms with E-state index in [-0.39, 0.29) is 6.10 Å². The summed E-state index contributed by atoms with van der Waals surface area (Å²) in [5, 5.41) is 13.8. The zero-order valence-electron chi connectivity index (χ0n) is 11.8. The lowest BCUT2D eigenvalue weighted by Crippen LogP contribution is -2.27. The number of aliphatic hydroxyl groups is 1. The van der Waals surface area contributed by atoms with Gasteiger partial charge in [-0.25, -0.2) is 0 Å². The van der Waals surface area contributed by atoms with E-state index >= 15 is 0 Å². The standard InChI is InChI=1S/C15H22ClNO3/c1-11-14(16)5-2-6-15(11)17-8-12(18)9-19-10-13-4-3-7-20-13/h2,5-6,12-13,17-18H,3-4,7-10H2,1H3. The molecule has 4 nitrogen and oxygen atoms in total. The number of hydrogen-bond donors (Lipinski definition) is 2. The van der Waals surface area contributed by atoms with Gasteiger partial charge in [-0.05, 0) is 37.5 Å². The van der Waals surface area contributed by atoms with Crippen molar-refractivity contribution in [2.75, 3.05) is 31.7 Å². The molecule has 1 aromatic carbocycles. The molecule has 2 rings (SSSR count). The minimum Gasteiger partial charge on any atom is -0.389 e. The van der Waals surface area contributed by atoms with Gasteiger partial charge in [-0.2, -0.15) is 0 Å². The molecule has 2 unspecified atom stereocenters. The maximum Gasteiger partial charge on any atom is 0.0945 e. The van der Waals surface area contributed by atoms with Gasteiger partial charge in [0.1, 0.15) is 0 Å². The maximum absolute atomic E-state index is 9.88. The smallest absolute Gasteiger partial charge is 0.0945 e. The Morgan fingerprint density at radius 3 is 3.15 bits per heavy atom. The predicted octanol–water partition coefficient (Wildman–Crippen LogP) is 2.62. The lowest BCUT2D eigenvalue weighted by atomic mass is 10.2. The highest BCUT2D eigenvalue weighted by Crippen LogP contribution is 2.22. The molecule has 0 spiro atoms. The van der Waals surface area contributed by atoms with E-state index in [1.165, 1.54) is 0 Å². The van der Waals surface area contributed by atoms with E-state index in [0.717, 1.165) is 35.7 Å². The third-order valence-electron chi connectivity index (χ3n) is 3.43. The van der Waals surface area contributed by atoms with Crippen molar-refractivity contribution in [1.29, 1.82) is 0 Å². The Balaban J connectivity index is 1.66. The SMILES string of the molecule is Cc1c(Cl)cccc1NCC(O)COCC1CCCO1. The molecule has 1 aliphatic rings. The molecule has 0 saturated carbocycles. The third kappa shape index (κ3) is 4.63. The second-order valence-corrected chi connectivity index (χ2v) is 5.53. The summed E-state index contributed by atoms with van der Waals surface area (Å²) in [5.74, 6) is 0. The Hall–Kier alpha value is -0.810. The molecular weight excluding hydrogens is 278 g/mol. The van der Waals surface area contributed by atoms with Crippen LogP contribution in [0.3, 0.4) is 0 Å². The molecule has 1 heterocycles. The average Bonchev–Trinajstić information content (AvgIpc) is 2.94. The highest BCUT2D eigenvalue weighted by molar-refractivity contribution is 6.31. The summed E-state index contributed by atoms with van der Waals surface area (Å²) in [7, 11) is 0. The van der Waals surface area contributed by atoms with Crippen LogP contribution in [-0.2, 0) is 9.47 Å². The normalized spacial score (nSPS) is 20.1. The van der Waals surface area contributed by atoms with Crippen molar-refractivity contribution in [3.05, 3.63) is 28.8 Å². The topological polar surface area (TPSA) is 50.7 Å². The first kappa shape index (κ1) is 15.6. The van der Waals surface area contributed by atoms with Crippen LogP contribution >= 0.6 is 11.6 Å². The second kappa shape index (κ2) is 7.84. The van der Waals surface area contributed by atoms with Gasteiger partial charge in [0.15, 0.2) is 0 Å². The number of ether oxygens (including phenoxy) is 2. The molecule has 1 saturated heterocycles. The average molecular weight is 300 g/mol. The van der Waals surface area contributed by atoms with Gasteiger partial charge >= 0.3 is 0 Å². The zero-order chi connectivity index (χ0) is 14.4. The fourth-order valence-corrected chi connectivity index (χ4v) is 2.37. The fraction of sp³-hybridized carbons (Fsp3) is 0.600. The number of hydrogen-bond acceptors (Lipinski definition) is 4. The third-order valence-corrected chi connectivity index (χ3v) is 3.84. The summed E-state index contributed by atoms with van der Waals surface area (Å²) < 4.78 is 10.9. The minimum atomic E-state index is -0.546. The van der Waals surface area contributed by atoms with Gasteiger partial charge in [0.25, 0.3) is 0 Å². The van der Waals surface area contributed by atoms with Gasteiger partial charge in [0.05, 0.1) is 25.4 Å². The molecule has 0 bridgehead atoms. The number of benzene rings is 1. The molecule has 0 amide bonds. The zero-order valence-corrected chi connectivity index (χ0v) is 12.5. The van der Waals surface area contributed by atoms with Gasteiger partial charge < -0.3 is 19.9 Å². The summed E-state index contributed by atoms with van der Waals surface area (Å²) in [5.41, 5.74) is 1.93. The maximum atomic E-state index is 9.88. The molecule has 0 radical (unpaired) electrons. The summed E-state index contributed by atoms with van der Waals surface area (Å²) in [6.07, 6.45) is 1.81. The first-order valence-electron chi connectivity index (χ1n) is 7.03. The first-order chi connectivity index (χ1) is 9.66. The van der Waals surface area contributed by atoms with E-state index in [9.17, 15) is 5.11 Å². The Kier molecular flexibility index (Phi) is 6.10. The van der Waals surface area contributed by atoms with Crippen molar-refractivity contribution < 1.29 is 14.6 Å². The lowest BCUT2D eigenvalue weighted by molar-refractivity contribution is -0.0137. The van der Waals surface area contributed by atoms with Crippen LogP contribution in [0, 0.1) is 6.92 Å². The van der Waals surface area contributed by atoms with Crippen LogP contribution in [0.25, 0.3) is 0 Å². The molecule has 1 fully saturated rings. The lowest BCUT2D eigenvalue weighted by Gasteiger charge is -2.16. The first-order valence-corrected chi connectivity index (χ1v) is 7.41. The number of aliphatic hydroxyl groups excluding tert-OH is 1. The van der Waals surface area contributed by atoms with Crippen LogP contribution in [0.15, 0.2) is 18.2 Å². The van der Waals surface area contributed by atoms with E-state index < -0.39 is 6.10 Å². The number of halogens is 1. The Morgan fingerprint density at radius 2 is 2.40 bits per heavy atom. The van der Waals surface area contributed by atoms with E-state index in [4.69, 9.17) is 21.1 Å². The van der Waals surface area contributed by atoms with Crippen molar-refractivity contribution in [2.45, 2.75) is 32.0 Å². The fourth-order valence-electron chi connectivity index (χ4n) is 2.20. The van der Waals surface area contributed by atoms with Crippen LogP contribution in [0.1, 0.15) is 18.4 Å². The Bertz CT molecular complexity index is 422. The quantitative estimate of drug-likeness (QED) is 0.812. The van der Waals surface area contributed by atoms with Crippen molar-refractivity contribution in [3.8, 4) is 0 Å². The van der Waals surface area contributed by atoms with Crippen LogP contribution in [0.4, 0.5) is 5.69 Å². The minimum absolute atomic E-state index is 0.199. The summed E-state index contributed by atoms with van der Waals surface area (Å²) in [4.78, 5) is 0. The Labute approximate surface area is 125 Å². The van der Waals surface area contributed by atoms with Crippen LogP contribution in [0.5, 0.6) is 0 Å². The molecule has 2 atom stereocenters. The van der Waals surface area contributed by atoms with Gasteiger partial charge in [0, 0.05) is 23.9 Å². The Morgan fingerprint density at radius 1 is 1.55 bits per heavy atom. The molecule has 112 valence electrons. The largest absolute Gasteiger partial charge is 0.389 e. The summed E-state index contributed by atoms with van der Waals surface area (Å²) in [6.45, 7) is 4.09. The van der Waals surface area contributed by atoms with Gasteiger partial charge in [-0.1, -0.05) is 17.7 Å². The molecule has 2 N–H and O–H groups in total. The van der Waals surface area contributed by atoms with E-state index in [1.807, 2.05) is 25.1 Å². The molecule has 1 aliphatic heterocycles. The van der Waals surface area contributed by atoms with Crippen molar-refractivity contribution in [3.63, 3.8) is 0 Å². The monoisotopic (exact) mass is 299 g/mol. The van der Waals surface area contributed by atoms with E-state index in [0.29, 0.717) is 19.8 Å².